The van der Waals surface area contributed by atoms with Gasteiger partial charge < -0.3 is 45.5 Å². The molecule has 50 heavy (non-hydrogen) atoms. The molecule has 2 aliphatic heterocycles. The van der Waals surface area contributed by atoms with Crippen LogP contribution in [0.5, 0.6) is 0 Å². The van der Waals surface area contributed by atoms with Gasteiger partial charge in [-0.3, -0.25) is 19.2 Å². The van der Waals surface area contributed by atoms with Crippen molar-refractivity contribution >= 4 is 54.8 Å². The lowest BCUT2D eigenvalue weighted by molar-refractivity contribution is -0.140. The number of nitrogens with one attached hydrogen (secondary N) is 3. The van der Waals surface area contributed by atoms with Gasteiger partial charge in [0.05, 0.1) is 11.2 Å². The second-order valence-corrected chi connectivity index (χ2v) is 13.3. The number of hydrogen-bond donors (Lipinski definition) is 7. The van der Waals surface area contributed by atoms with Crippen molar-refractivity contribution in [3.05, 3.63) is 93.5 Å². The Morgan fingerprint density at radius 3 is 1.56 bits per heavy atom. The van der Waals surface area contributed by atoms with Gasteiger partial charge in [0, 0.05) is 36.2 Å². The topological polar surface area (TPSA) is 221 Å². The smallest absolute Gasteiger partial charge is 0.481 e. The van der Waals surface area contributed by atoms with Gasteiger partial charge in [0.15, 0.2) is 0 Å². The molecule has 0 spiro atoms. The van der Waals surface area contributed by atoms with Crippen molar-refractivity contribution in [3.63, 3.8) is 0 Å². The molecule has 0 aromatic heterocycles. The second kappa shape index (κ2) is 14.1. The van der Waals surface area contributed by atoms with Crippen LogP contribution in [0.25, 0.3) is 0 Å². The number of aliphatic carboxylic acids is 2. The molecule has 1 unspecified atom stereocenters. The predicted octanol–water partition coefficient (Wildman–Crippen LogP) is 0.500. The van der Waals surface area contributed by atoms with Crippen LogP contribution in [0.2, 0.25) is 0 Å². The van der Waals surface area contributed by atoms with E-state index in [1.54, 1.807) is 42.5 Å². The van der Waals surface area contributed by atoms with Crippen LogP contribution in [0.4, 0.5) is 0 Å². The summed E-state index contributed by atoms with van der Waals surface area (Å²) >= 11 is 0. The Kier molecular flexibility index (Phi) is 10.2. The zero-order valence-electron chi connectivity index (χ0n) is 27.9. The minimum atomic E-state index is -1.47. The van der Waals surface area contributed by atoms with E-state index in [1.165, 1.54) is 12.1 Å². The number of rotatable bonds is 12. The molecule has 0 saturated heterocycles. The Morgan fingerprint density at radius 1 is 0.680 bits per heavy atom. The maximum absolute atomic E-state index is 13.2. The normalized spacial score (nSPS) is 15.9. The molecular formula is C34H37B2N3O11. The molecule has 0 aliphatic carbocycles. The molecule has 0 fully saturated rings. The first kappa shape index (κ1) is 36.3. The molecule has 5 rings (SSSR count). The standard InChI is InChI=1S/C34H37B2N3O11/c1-33(2)23-7-5-20(14-25(23)35(47)49-33)29(42)37-16-18-11-19(13-22(12-18)31(44)39-27(32(45)46)9-10-28(40)41)17-38-30(43)21-6-8-24-26(15-21)36(48)50-34(24,3)4/h5-8,11-15,27,47-48H,9-10,16-17H2,1-4H3,(H,37,42)(H,38,43)(H,39,44)(H,40,41)(H,45,46). The summed E-state index contributed by atoms with van der Waals surface area (Å²) in [4.78, 5) is 62.3. The molecule has 16 heteroatoms. The van der Waals surface area contributed by atoms with Crippen LogP contribution in [0.15, 0.2) is 54.6 Å². The van der Waals surface area contributed by atoms with Crippen LogP contribution in [0.3, 0.4) is 0 Å². The summed E-state index contributed by atoms with van der Waals surface area (Å²) in [6.45, 7) is 7.09. The number of carboxylic acid groups (broad SMARTS) is 2. The highest BCUT2D eigenvalue weighted by Crippen LogP contribution is 2.31. The van der Waals surface area contributed by atoms with E-state index in [9.17, 15) is 39.1 Å². The van der Waals surface area contributed by atoms with Crippen molar-refractivity contribution in [1.82, 2.24) is 16.0 Å². The lowest BCUT2D eigenvalue weighted by Gasteiger charge is -2.19. The largest absolute Gasteiger partial charge is 0.492 e. The molecule has 0 bridgehead atoms. The Bertz CT molecular complexity index is 1780. The third-order valence-electron chi connectivity index (χ3n) is 8.74. The molecule has 3 amide bonds. The minimum absolute atomic E-state index is 0.0163. The van der Waals surface area contributed by atoms with E-state index < -0.39 is 67.6 Å². The summed E-state index contributed by atoms with van der Waals surface area (Å²) in [6, 6.07) is 12.8. The summed E-state index contributed by atoms with van der Waals surface area (Å²) < 4.78 is 11.1. The molecule has 7 N–H and O–H groups in total. The highest BCUT2D eigenvalue weighted by Gasteiger charge is 2.42. The molecule has 14 nitrogen and oxygen atoms in total. The van der Waals surface area contributed by atoms with E-state index >= 15 is 0 Å². The molecule has 2 aliphatic rings. The van der Waals surface area contributed by atoms with Crippen LogP contribution in [-0.2, 0) is 43.2 Å². The molecular weight excluding hydrogens is 648 g/mol. The van der Waals surface area contributed by atoms with E-state index in [-0.39, 0.29) is 36.2 Å². The summed E-state index contributed by atoms with van der Waals surface area (Å²) in [5.41, 5.74) is 2.44. The molecule has 1 atom stereocenters. The van der Waals surface area contributed by atoms with Crippen molar-refractivity contribution < 1.29 is 53.5 Å². The van der Waals surface area contributed by atoms with Gasteiger partial charge in [-0.25, -0.2) is 4.79 Å². The van der Waals surface area contributed by atoms with E-state index in [0.717, 1.165) is 11.1 Å². The number of hydrogen-bond acceptors (Lipinski definition) is 9. The van der Waals surface area contributed by atoms with Crippen molar-refractivity contribution in [2.75, 3.05) is 0 Å². The number of carbonyl (C=O) groups excluding carboxylic acids is 3. The number of amides is 3. The first-order valence-electron chi connectivity index (χ1n) is 15.9. The summed E-state index contributed by atoms with van der Waals surface area (Å²) in [6.07, 6.45) is -0.822. The Hall–Kier alpha value is -5.02. The van der Waals surface area contributed by atoms with E-state index in [1.807, 2.05) is 27.7 Å². The number of carboxylic acids is 2. The average molecular weight is 685 g/mol. The maximum Gasteiger partial charge on any atom is 0.492 e. The first-order chi connectivity index (χ1) is 23.4. The summed E-state index contributed by atoms with van der Waals surface area (Å²) in [7, 11) is -2.37. The maximum atomic E-state index is 13.2. The Balaban J connectivity index is 1.35. The van der Waals surface area contributed by atoms with Gasteiger partial charge in [-0.2, -0.15) is 0 Å². The quantitative estimate of drug-likeness (QED) is 0.130. The molecule has 0 saturated carbocycles. The zero-order chi connectivity index (χ0) is 36.5. The number of fused-ring (bicyclic) bond motifs is 2. The molecule has 260 valence electrons. The van der Waals surface area contributed by atoms with Crippen molar-refractivity contribution in [2.45, 2.75) is 70.9 Å². The summed E-state index contributed by atoms with van der Waals surface area (Å²) in [5.74, 6) is -4.37. The predicted molar refractivity (Wildman–Crippen MR) is 181 cm³/mol. The fraction of sp³-hybridized carbons (Fsp3) is 0.324. The van der Waals surface area contributed by atoms with E-state index in [2.05, 4.69) is 16.0 Å². The number of carbonyl (C=O) groups is 5. The van der Waals surface area contributed by atoms with Gasteiger partial charge in [-0.15, -0.1) is 0 Å². The Morgan fingerprint density at radius 2 is 1.14 bits per heavy atom. The van der Waals surface area contributed by atoms with Crippen LogP contribution >= 0.6 is 0 Å². The van der Waals surface area contributed by atoms with Gasteiger partial charge in [-0.05, 0) is 104 Å². The van der Waals surface area contributed by atoms with Gasteiger partial charge in [0.25, 0.3) is 17.7 Å². The van der Waals surface area contributed by atoms with Crippen LogP contribution in [-0.4, -0.2) is 70.2 Å². The highest BCUT2D eigenvalue weighted by atomic mass is 16.5. The minimum Gasteiger partial charge on any atom is -0.481 e. The Labute approximate surface area is 288 Å². The molecule has 3 aromatic rings. The van der Waals surface area contributed by atoms with Gasteiger partial charge >= 0.3 is 26.2 Å². The van der Waals surface area contributed by atoms with Crippen LogP contribution < -0.4 is 26.9 Å². The van der Waals surface area contributed by atoms with Crippen molar-refractivity contribution in [3.8, 4) is 0 Å². The number of benzene rings is 3. The second-order valence-electron chi connectivity index (χ2n) is 13.3. The third-order valence-corrected chi connectivity index (χ3v) is 8.74. The van der Waals surface area contributed by atoms with Crippen LogP contribution in [0, 0.1) is 0 Å². The fourth-order valence-electron chi connectivity index (χ4n) is 6.16. The average Bonchev–Trinajstić information content (AvgIpc) is 3.44. The van der Waals surface area contributed by atoms with Crippen LogP contribution in [0.1, 0.15) is 93.9 Å². The monoisotopic (exact) mass is 685 g/mol. The van der Waals surface area contributed by atoms with Crippen molar-refractivity contribution in [1.29, 1.82) is 0 Å². The summed E-state index contributed by atoms with van der Waals surface area (Å²) in [5, 5.41) is 47.1. The van der Waals surface area contributed by atoms with E-state index in [4.69, 9.17) is 14.4 Å². The van der Waals surface area contributed by atoms with Gasteiger partial charge in [-0.1, -0.05) is 18.2 Å². The molecule has 3 aromatic carbocycles. The highest BCUT2D eigenvalue weighted by molar-refractivity contribution is 6.62. The van der Waals surface area contributed by atoms with Gasteiger partial charge in [0.2, 0.25) is 0 Å². The first-order valence-corrected chi connectivity index (χ1v) is 15.9. The molecule has 2 heterocycles. The lowest BCUT2D eigenvalue weighted by Crippen LogP contribution is -2.41. The van der Waals surface area contributed by atoms with Gasteiger partial charge in [0.1, 0.15) is 6.04 Å². The lowest BCUT2D eigenvalue weighted by atomic mass is 9.77. The SMILES string of the molecule is CC1(C)OB(O)c2cc(C(=O)NCc3cc(CNC(=O)c4ccc5c(c4)B(O)OC5(C)C)cc(C(=O)NC(CCC(=O)O)C(=O)O)c3)ccc21. The molecule has 0 radical (unpaired) electrons. The zero-order valence-corrected chi connectivity index (χ0v) is 27.9. The van der Waals surface area contributed by atoms with E-state index in [0.29, 0.717) is 22.1 Å². The fourth-order valence-corrected chi connectivity index (χ4v) is 6.16. The third kappa shape index (κ3) is 7.89. The van der Waals surface area contributed by atoms with Crippen molar-refractivity contribution in [2.24, 2.45) is 0 Å².